The predicted molar refractivity (Wildman–Crippen MR) is 161 cm³/mol. The number of nitrogens with zero attached hydrogens (tertiary/aromatic N) is 2. The molecule has 2 aliphatic heterocycles. The van der Waals surface area contributed by atoms with Crippen molar-refractivity contribution in [1.82, 2.24) is 20.6 Å². The van der Waals surface area contributed by atoms with Crippen LogP contribution >= 0.6 is 23.2 Å². The van der Waals surface area contributed by atoms with E-state index in [9.17, 15) is 14.7 Å². The topological polar surface area (TPSA) is 125 Å². The number of halogens is 2. The third-order valence-corrected chi connectivity index (χ3v) is 10.8. The lowest BCUT2D eigenvalue weighted by molar-refractivity contribution is -0.125. The Labute approximate surface area is 256 Å². The molecule has 4 N–H and O–H groups in total. The Morgan fingerprint density at radius 1 is 1.10 bits per heavy atom. The zero-order chi connectivity index (χ0) is 29.9. The maximum Gasteiger partial charge on any atom is 0.238 e. The average Bonchev–Trinajstić information content (AvgIpc) is 3.40. The number of aromatic nitrogens is 2. The molecule has 0 radical (unpaired) electrons. The fourth-order valence-electron chi connectivity index (χ4n) is 8.17. The van der Waals surface area contributed by atoms with Crippen molar-refractivity contribution in [3.63, 3.8) is 0 Å². The lowest BCUT2D eigenvalue weighted by atomic mass is 9.53. The molecule has 1 saturated heterocycles. The monoisotopic (exact) mass is 615 g/mol. The minimum Gasteiger partial charge on any atom is -0.387 e. The van der Waals surface area contributed by atoms with Gasteiger partial charge < -0.3 is 20.5 Å². The Bertz CT molecular complexity index is 1390. The van der Waals surface area contributed by atoms with Gasteiger partial charge in [-0.3, -0.25) is 14.9 Å². The molecule has 2 saturated carbocycles. The highest BCUT2D eigenvalue weighted by Gasteiger charge is 2.73. The fraction of sp³-hybridized carbons (Fsp3) is 0.613. The van der Waals surface area contributed by atoms with Crippen LogP contribution in [-0.2, 0) is 19.7 Å². The molecule has 6 rings (SSSR count). The summed E-state index contributed by atoms with van der Waals surface area (Å²) < 4.78 is 5.22. The first kappa shape index (κ1) is 29.8. The summed E-state index contributed by atoms with van der Waals surface area (Å²) in [4.78, 5) is 37.6. The number of fused-ring (bicyclic) bond motifs is 3. The lowest BCUT2D eigenvalue weighted by Gasteiger charge is -2.50. The molecule has 3 fully saturated rings. The maximum atomic E-state index is 14.5. The molecule has 3 atom stereocenters. The van der Waals surface area contributed by atoms with Crippen LogP contribution in [0.4, 0.5) is 5.82 Å². The quantitative estimate of drug-likeness (QED) is 0.365. The number of pyridine rings is 2. The van der Waals surface area contributed by atoms with E-state index in [0.717, 1.165) is 24.0 Å². The van der Waals surface area contributed by atoms with E-state index in [1.165, 1.54) is 0 Å². The van der Waals surface area contributed by atoms with Gasteiger partial charge in [0.25, 0.3) is 0 Å². The Balaban J connectivity index is 1.44. The van der Waals surface area contributed by atoms with E-state index >= 15 is 0 Å². The summed E-state index contributed by atoms with van der Waals surface area (Å²) in [6.07, 6.45) is 7.19. The van der Waals surface area contributed by atoms with Gasteiger partial charge in [0.15, 0.2) is 0 Å². The third kappa shape index (κ3) is 4.81. The van der Waals surface area contributed by atoms with E-state index in [1.54, 1.807) is 25.4 Å². The number of rotatable bonds is 5. The van der Waals surface area contributed by atoms with Crippen molar-refractivity contribution in [2.45, 2.75) is 99.8 Å². The van der Waals surface area contributed by atoms with Crippen LogP contribution in [0.5, 0.6) is 0 Å². The molecule has 1 unspecified atom stereocenters. The smallest absolute Gasteiger partial charge is 0.238 e. The van der Waals surface area contributed by atoms with Gasteiger partial charge in [-0.2, -0.15) is 0 Å². The molecular formula is C31H39Cl2N5O4. The van der Waals surface area contributed by atoms with Gasteiger partial charge in [0.1, 0.15) is 21.5 Å². The van der Waals surface area contributed by atoms with E-state index in [2.05, 4.69) is 39.8 Å². The van der Waals surface area contributed by atoms with Crippen LogP contribution in [0.25, 0.3) is 0 Å². The molecule has 226 valence electrons. The highest BCUT2D eigenvalue weighted by Crippen LogP contribution is 2.63. The van der Waals surface area contributed by atoms with Crippen molar-refractivity contribution < 1.29 is 19.4 Å². The minimum absolute atomic E-state index is 0.0962. The number of anilines is 1. The summed E-state index contributed by atoms with van der Waals surface area (Å²) in [6, 6.07) is 6.40. The molecule has 0 aromatic carbocycles. The van der Waals surface area contributed by atoms with Gasteiger partial charge in [-0.1, -0.05) is 43.1 Å². The molecule has 2 aliphatic carbocycles. The minimum atomic E-state index is -1.13. The Hall–Kier alpha value is -2.30. The molecule has 4 aliphatic rings. The second kappa shape index (κ2) is 10.7. The summed E-state index contributed by atoms with van der Waals surface area (Å²) >= 11 is 12.7. The average molecular weight is 617 g/mol. The molecule has 0 bridgehead atoms. The molecule has 2 aromatic heterocycles. The van der Waals surface area contributed by atoms with Gasteiger partial charge in [-0.15, -0.1) is 0 Å². The first-order valence-electron chi connectivity index (χ1n) is 14.8. The number of amides is 2. The van der Waals surface area contributed by atoms with E-state index in [4.69, 9.17) is 27.9 Å². The first-order chi connectivity index (χ1) is 19.9. The van der Waals surface area contributed by atoms with Crippen LogP contribution in [0.15, 0.2) is 30.5 Å². The fourth-order valence-corrected chi connectivity index (χ4v) is 8.50. The van der Waals surface area contributed by atoms with Gasteiger partial charge in [-0.05, 0) is 80.5 Å². The van der Waals surface area contributed by atoms with Crippen LogP contribution in [0, 0.1) is 5.41 Å². The van der Waals surface area contributed by atoms with Gasteiger partial charge in [0.2, 0.25) is 11.8 Å². The van der Waals surface area contributed by atoms with Crippen LogP contribution in [0.3, 0.4) is 0 Å². The first-order valence-corrected chi connectivity index (χ1v) is 15.6. The number of ether oxygens (including phenoxy) is 1. The van der Waals surface area contributed by atoms with E-state index in [-0.39, 0.29) is 29.9 Å². The number of hydrogen-bond acceptors (Lipinski definition) is 7. The second-order valence-electron chi connectivity index (χ2n) is 13.5. The summed E-state index contributed by atoms with van der Waals surface area (Å²) in [5, 5.41) is 21.5. The van der Waals surface area contributed by atoms with Crippen LogP contribution in [0.1, 0.15) is 82.3 Å². The zero-order valence-corrected chi connectivity index (χ0v) is 25.8. The number of methoxy groups -OCH3 is 1. The van der Waals surface area contributed by atoms with Gasteiger partial charge >= 0.3 is 0 Å². The summed E-state index contributed by atoms with van der Waals surface area (Å²) in [5.41, 5.74) is -1.09. The van der Waals surface area contributed by atoms with Gasteiger partial charge in [0.05, 0.1) is 18.2 Å². The number of nitrogens with one attached hydrogen (secondary N) is 3. The van der Waals surface area contributed by atoms with Crippen molar-refractivity contribution in [2.24, 2.45) is 5.41 Å². The molecule has 2 amide bonds. The van der Waals surface area contributed by atoms with E-state index in [0.29, 0.717) is 54.6 Å². The van der Waals surface area contributed by atoms with Crippen molar-refractivity contribution >= 4 is 40.8 Å². The molecule has 42 heavy (non-hydrogen) atoms. The van der Waals surface area contributed by atoms with Crippen LogP contribution < -0.4 is 16.0 Å². The Morgan fingerprint density at radius 2 is 1.81 bits per heavy atom. The molecule has 4 heterocycles. The predicted octanol–water partition coefficient (Wildman–Crippen LogP) is 4.50. The molecule has 2 aromatic rings. The maximum absolute atomic E-state index is 14.5. The Morgan fingerprint density at radius 3 is 2.48 bits per heavy atom. The van der Waals surface area contributed by atoms with E-state index in [1.807, 2.05) is 12.1 Å². The summed E-state index contributed by atoms with van der Waals surface area (Å²) in [5.74, 6) is -0.499. The van der Waals surface area contributed by atoms with Crippen LogP contribution in [0.2, 0.25) is 10.3 Å². The SMILES string of the molecule is COC[C@]1(O)CC[C@@H](NC(=O)C2NC3(CCC(C)(C)CC3)[C@@]3(C(=O)Nc4nc(Cl)ccc43)[C@H]2c2ccnc(Cl)c2)CC1. The van der Waals surface area contributed by atoms with Crippen LogP contribution in [-0.4, -0.2) is 63.8 Å². The normalized spacial score (nSPS) is 33.0. The second-order valence-corrected chi connectivity index (χ2v) is 14.3. The molecular weight excluding hydrogens is 577 g/mol. The number of carbonyl (C=O) groups is 2. The number of aliphatic hydroxyl groups is 1. The molecule has 11 heteroatoms. The number of carbonyl (C=O) groups excluding carboxylic acids is 2. The third-order valence-electron chi connectivity index (χ3n) is 10.4. The summed E-state index contributed by atoms with van der Waals surface area (Å²) in [7, 11) is 1.59. The zero-order valence-electron chi connectivity index (χ0n) is 24.3. The van der Waals surface area contributed by atoms with Crippen molar-refractivity contribution in [3.8, 4) is 0 Å². The largest absolute Gasteiger partial charge is 0.387 e. The van der Waals surface area contributed by atoms with Crippen molar-refractivity contribution in [2.75, 3.05) is 19.0 Å². The molecule has 9 nitrogen and oxygen atoms in total. The molecule has 2 spiro atoms. The van der Waals surface area contributed by atoms with Crippen molar-refractivity contribution in [1.29, 1.82) is 0 Å². The summed E-state index contributed by atoms with van der Waals surface area (Å²) in [6.45, 7) is 4.78. The van der Waals surface area contributed by atoms with Crippen molar-refractivity contribution in [3.05, 3.63) is 51.9 Å². The van der Waals surface area contributed by atoms with E-state index < -0.39 is 28.5 Å². The highest BCUT2D eigenvalue weighted by atomic mass is 35.5. The van der Waals surface area contributed by atoms with Gasteiger partial charge in [0, 0.05) is 36.4 Å². The highest BCUT2D eigenvalue weighted by molar-refractivity contribution is 6.30. The standard InChI is InChI=1S/C31H39Cl2N5O4/c1-28(2)11-13-30(14-12-28)31(20-4-5-21(32)36-25(20)37-27(31)40)23(18-8-15-34-22(33)16-18)24(38-30)26(39)35-19-6-9-29(41,10-7-19)17-42-3/h4-5,8,15-16,19,23-24,38,41H,6-7,9-14,17H2,1-3H3,(H,35,39)(H,36,37,40)/t19-,23-,24?,29+,31+/m0/s1. The lowest BCUT2D eigenvalue weighted by Crippen LogP contribution is -2.61. The Kier molecular flexibility index (Phi) is 7.58. The number of hydrogen-bond donors (Lipinski definition) is 4. The van der Waals surface area contributed by atoms with Gasteiger partial charge in [-0.25, -0.2) is 9.97 Å².